The number of likely N-dealkylation sites (tertiary alicyclic amines) is 1. The van der Waals surface area contributed by atoms with Crippen molar-refractivity contribution in [2.24, 2.45) is 0 Å². The van der Waals surface area contributed by atoms with Crippen LogP contribution in [0.5, 0.6) is 0 Å². The van der Waals surface area contributed by atoms with Gasteiger partial charge in [-0.25, -0.2) is 9.07 Å². The molecule has 1 aliphatic rings. The lowest BCUT2D eigenvalue weighted by atomic mass is 10.2. The lowest BCUT2D eigenvalue weighted by Gasteiger charge is -2.20. The molecular formula is C16H20FN5O. The van der Waals surface area contributed by atoms with E-state index in [9.17, 15) is 9.18 Å². The summed E-state index contributed by atoms with van der Waals surface area (Å²) in [7, 11) is 0. The molecule has 6 nitrogen and oxygen atoms in total. The Kier molecular flexibility index (Phi) is 4.38. The van der Waals surface area contributed by atoms with Gasteiger partial charge in [0.1, 0.15) is 5.82 Å². The number of halogens is 1. The minimum Gasteiger partial charge on any atom is -0.347 e. The zero-order chi connectivity index (χ0) is 16.4. The molecule has 2 aromatic rings. The quantitative estimate of drug-likeness (QED) is 0.931. The van der Waals surface area contributed by atoms with Crippen molar-refractivity contribution >= 4 is 5.91 Å². The van der Waals surface area contributed by atoms with Crippen molar-refractivity contribution < 1.29 is 9.18 Å². The molecule has 1 aromatic heterocycles. The van der Waals surface area contributed by atoms with Crippen LogP contribution in [-0.4, -0.2) is 51.0 Å². The zero-order valence-electron chi connectivity index (χ0n) is 13.2. The van der Waals surface area contributed by atoms with E-state index in [2.05, 4.69) is 34.4 Å². The fourth-order valence-corrected chi connectivity index (χ4v) is 2.72. The van der Waals surface area contributed by atoms with Crippen molar-refractivity contribution in [1.29, 1.82) is 0 Å². The molecule has 122 valence electrons. The smallest absolute Gasteiger partial charge is 0.273 e. The first-order valence-corrected chi connectivity index (χ1v) is 7.76. The Labute approximate surface area is 134 Å². The van der Waals surface area contributed by atoms with Crippen LogP contribution < -0.4 is 5.32 Å². The summed E-state index contributed by atoms with van der Waals surface area (Å²) < 4.78 is 14.4. The standard InChI is InChI=1S/C16H20FN5O/c1-11(2)21-8-7-13(9-21)18-16(23)15-10-22(20-19-15)14-5-3-12(17)4-6-14/h3-6,10-11,13H,7-9H2,1-2H3,(H,18,23). The maximum Gasteiger partial charge on any atom is 0.273 e. The SMILES string of the molecule is CC(C)N1CCC(NC(=O)c2cn(-c3ccc(F)cc3)nn2)C1. The van der Waals surface area contributed by atoms with Crippen molar-refractivity contribution in [1.82, 2.24) is 25.2 Å². The van der Waals surface area contributed by atoms with Crippen LogP contribution in [0.4, 0.5) is 4.39 Å². The van der Waals surface area contributed by atoms with Gasteiger partial charge < -0.3 is 5.32 Å². The maximum atomic E-state index is 12.9. The average Bonchev–Trinajstić information content (AvgIpc) is 3.17. The minimum atomic E-state index is -0.317. The largest absolute Gasteiger partial charge is 0.347 e. The zero-order valence-corrected chi connectivity index (χ0v) is 13.2. The van der Waals surface area contributed by atoms with Gasteiger partial charge in [-0.15, -0.1) is 5.10 Å². The Morgan fingerprint density at radius 1 is 1.35 bits per heavy atom. The summed E-state index contributed by atoms with van der Waals surface area (Å²) in [6.07, 6.45) is 2.49. The average molecular weight is 317 g/mol. The third kappa shape index (κ3) is 3.56. The molecule has 0 radical (unpaired) electrons. The Hall–Kier alpha value is -2.28. The Morgan fingerprint density at radius 3 is 2.74 bits per heavy atom. The van der Waals surface area contributed by atoms with Gasteiger partial charge in [0.15, 0.2) is 5.69 Å². The molecule has 0 bridgehead atoms. The third-order valence-electron chi connectivity index (χ3n) is 4.10. The van der Waals surface area contributed by atoms with Crippen LogP contribution in [0.1, 0.15) is 30.8 Å². The summed E-state index contributed by atoms with van der Waals surface area (Å²) in [6.45, 7) is 6.15. The first kappa shape index (κ1) is 15.6. The predicted octanol–water partition coefficient (Wildman–Crippen LogP) is 1.62. The van der Waals surface area contributed by atoms with Crippen LogP contribution in [0.15, 0.2) is 30.5 Å². The van der Waals surface area contributed by atoms with E-state index in [0.717, 1.165) is 19.5 Å². The molecule has 0 spiro atoms. The normalized spacial score (nSPS) is 18.5. The van der Waals surface area contributed by atoms with Crippen LogP contribution in [0, 0.1) is 5.82 Å². The number of rotatable bonds is 4. The number of hydrogen-bond donors (Lipinski definition) is 1. The summed E-state index contributed by atoms with van der Waals surface area (Å²) in [6, 6.07) is 6.48. The molecule has 0 aliphatic carbocycles. The number of amides is 1. The minimum absolute atomic E-state index is 0.140. The second-order valence-corrected chi connectivity index (χ2v) is 6.07. The third-order valence-corrected chi connectivity index (χ3v) is 4.10. The van der Waals surface area contributed by atoms with E-state index in [4.69, 9.17) is 0 Å². The highest BCUT2D eigenvalue weighted by atomic mass is 19.1. The van der Waals surface area contributed by atoms with Gasteiger partial charge in [-0.1, -0.05) is 5.21 Å². The number of hydrogen-bond acceptors (Lipinski definition) is 4. The Morgan fingerprint density at radius 2 is 2.09 bits per heavy atom. The van der Waals surface area contributed by atoms with Crippen LogP contribution in [0.2, 0.25) is 0 Å². The van der Waals surface area contributed by atoms with E-state index in [1.165, 1.54) is 16.8 Å². The monoisotopic (exact) mass is 317 g/mol. The van der Waals surface area contributed by atoms with Gasteiger partial charge in [0.05, 0.1) is 11.9 Å². The van der Waals surface area contributed by atoms with Gasteiger partial charge in [0.2, 0.25) is 0 Å². The predicted molar refractivity (Wildman–Crippen MR) is 83.9 cm³/mol. The van der Waals surface area contributed by atoms with Crippen LogP contribution in [0.25, 0.3) is 5.69 Å². The molecule has 2 heterocycles. The van der Waals surface area contributed by atoms with Crippen LogP contribution >= 0.6 is 0 Å². The number of carbonyl (C=O) groups excluding carboxylic acids is 1. The van der Waals surface area contributed by atoms with Crippen molar-refractivity contribution in [3.8, 4) is 5.69 Å². The first-order chi connectivity index (χ1) is 11.0. The highest BCUT2D eigenvalue weighted by Gasteiger charge is 2.26. The molecule has 1 aromatic carbocycles. The first-order valence-electron chi connectivity index (χ1n) is 7.76. The Bertz CT molecular complexity index is 682. The number of carbonyl (C=O) groups is 1. The maximum absolute atomic E-state index is 12.9. The van der Waals surface area contributed by atoms with E-state index in [1.807, 2.05) is 0 Å². The fraction of sp³-hybridized carbons (Fsp3) is 0.438. The van der Waals surface area contributed by atoms with Crippen LogP contribution in [-0.2, 0) is 0 Å². The number of nitrogens with one attached hydrogen (secondary N) is 1. The molecule has 1 atom stereocenters. The van der Waals surface area contributed by atoms with E-state index in [-0.39, 0.29) is 23.5 Å². The summed E-state index contributed by atoms with van der Waals surface area (Å²) >= 11 is 0. The summed E-state index contributed by atoms with van der Waals surface area (Å²) in [5, 5.41) is 10.8. The second kappa shape index (κ2) is 6.45. The van der Waals surface area contributed by atoms with Crippen LogP contribution in [0.3, 0.4) is 0 Å². The van der Waals surface area contributed by atoms with E-state index in [1.54, 1.807) is 18.3 Å². The van der Waals surface area contributed by atoms with Gasteiger partial charge in [0.25, 0.3) is 5.91 Å². The lowest BCUT2D eigenvalue weighted by molar-refractivity contribution is 0.0931. The van der Waals surface area contributed by atoms with Gasteiger partial charge in [-0.05, 0) is 44.5 Å². The molecule has 3 rings (SSSR count). The molecule has 1 amide bonds. The number of aromatic nitrogens is 3. The lowest BCUT2D eigenvalue weighted by Crippen LogP contribution is -2.38. The summed E-state index contributed by atoms with van der Waals surface area (Å²) in [4.78, 5) is 14.6. The Balaban J connectivity index is 1.64. The molecular weight excluding hydrogens is 297 g/mol. The molecule has 1 N–H and O–H groups in total. The summed E-state index contributed by atoms with van der Waals surface area (Å²) in [5.41, 5.74) is 0.919. The van der Waals surface area contributed by atoms with Crippen molar-refractivity contribution in [2.75, 3.05) is 13.1 Å². The topological polar surface area (TPSA) is 63.1 Å². The van der Waals surface area contributed by atoms with E-state index < -0.39 is 0 Å². The molecule has 1 aliphatic heterocycles. The second-order valence-electron chi connectivity index (χ2n) is 6.07. The van der Waals surface area contributed by atoms with Crippen molar-refractivity contribution in [3.63, 3.8) is 0 Å². The van der Waals surface area contributed by atoms with E-state index >= 15 is 0 Å². The highest BCUT2D eigenvalue weighted by molar-refractivity contribution is 5.92. The highest BCUT2D eigenvalue weighted by Crippen LogP contribution is 2.13. The van der Waals surface area contributed by atoms with Crippen molar-refractivity contribution in [3.05, 3.63) is 42.0 Å². The van der Waals surface area contributed by atoms with E-state index in [0.29, 0.717) is 11.7 Å². The molecule has 23 heavy (non-hydrogen) atoms. The number of benzene rings is 1. The van der Waals surface area contributed by atoms with Gasteiger partial charge in [-0.3, -0.25) is 9.69 Å². The number of nitrogens with zero attached hydrogens (tertiary/aromatic N) is 4. The molecule has 1 saturated heterocycles. The molecule has 0 saturated carbocycles. The molecule has 1 fully saturated rings. The van der Waals surface area contributed by atoms with Gasteiger partial charge >= 0.3 is 0 Å². The molecule has 7 heteroatoms. The molecule has 1 unspecified atom stereocenters. The van der Waals surface area contributed by atoms with Gasteiger partial charge in [-0.2, -0.15) is 0 Å². The summed E-state index contributed by atoms with van der Waals surface area (Å²) in [5.74, 6) is -0.545. The van der Waals surface area contributed by atoms with Crippen molar-refractivity contribution in [2.45, 2.75) is 32.4 Å². The van der Waals surface area contributed by atoms with Gasteiger partial charge in [0, 0.05) is 25.2 Å². The fourth-order valence-electron chi connectivity index (χ4n) is 2.72.